The lowest BCUT2D eigenvalue weighted by molar-refractivity contribution is -0.122. The van der Waals surface area contributed by atoms with Crippen LogP contribution in [0.4, 0.5) is 0 Å². The summed E-state index contributed by atoms with van der Waals surface area (Å²) < 4.78 is 0. The first-order valence-corrected chi connectivity index (χ1v) is 8.18. The number of carbonyl (C=O) groups excluding carboxylic acids is 2. The van der Waals surface area contributed by atoms with Gasteiger partial charge >= 0.3 is 0 Å². The number of likely N-dealkylation sites (N-methyl/N-ethyl adjacent to an activating group) is 1. The zero-order valence-electron chi connectivity index (χ0n) is 12.6. The maximum absolute atomic E-state index is 12.2. The second-order valence-electron chi connectivity index (χ2n) is 5.18. The van der Waals surface area contributed by atoms with Gasteiger partial charge in [0.25, 0.3) is 5.91 Å². The molecule has 0 saturated carbocycles. The predicted octanol–water partition coefficient (Wildman–Crippen LogP) is 2.32. The van der Waals surface area contributed by atoms with E-state index in [9.17, 15) is 9.59 Å². The quantitative estimate of drug-likeness (QED) is 0.673. The number of aromatic nitrogens is 1. The Morgan fingerprint density at radius 3 is 2.78 bits per heavy atom. The van der Waals surface area contributed by atoms with Gasteiger partial charge in [-0.2, -0.15) is 0 Å². The molecule has 0 aliphatic heterocycles. The van der Waals surface area contributed by atoms with Crippen LogP contribution < -0.4 is 10.6 Å². The zero-order chi connectivity index (χ0) is 16.2. The monoisotopic (exact) mass is 327 g/mol. The molecular formula is C17H17N3O2S. The summed E-state index contributed by atoms with van der Waals surface area (Å²) in [6.45, 7) is 0. The second kappa shape index (κ2) is 6.66. The molecule has 3 aromatic rings. The van der Waals surface area contributed by atoms with Crippen LogP contribution in [0.5, 0.6) is 0 Å². The molecular weight excluding hydrogens is 310 g/mol. The number of carbonyl (C=O) groups is 2. The molecule has 0 aliphatic carbocycles. The maximum Gasteiger partial charge on any atom is 0.262 e. The van der Waals surface area contributed by atoms with Crippen LogP contribution in [0.3, 0.4) is 0 Å². The van der Waals surface area contributed by atoms with Crippen LogP contribution in [0, 0.1) is 0 Å². The molecule has 0 aliphatic rings. The first-order valence-electron chi connectivity index (χ1n) is 7.30. The van der Waals surface area contributed by atoms with Crippen molar-refractivity contribution in [2.45, 2.75) is 12.5 Å². The van der Waals surface area contributed by atoms with Crippen LogP contribution in [0.2, 0.25) is 0 Å². The number of fused-ring (bicyclic) bond motifs is 1. The van der Waals surface area contributed by atoms with Gasteiger partial charge in [-0.1, -0.05) is 24.3 Å². The SMILES string of the molecule is CNC(=O)[C@H](Cc1c[nH]c2ccccc12)NC(=O)c1cccs1. The highest BCUT2D eigenvalue weighted by molar-refractivity contribution is 7.12. The molecule has 0 bridgehead atoms. The number of para-hydroxylation sites is 1. The summed E-state index contributed by atoms with van der Waals surface area (Å²) in [4.78, 5) is 28.2. The lowest BCUT2D eigenvalue weighted by atomic mass is 10.0. The third-order valence-corrected chi connectivity index (χ3v) is 4.58. The summed E-state index contributed by atoms with van der Waals surface area (Å²) in [7, 11) is 1.57. The number of aromatic amines is 1. The van der Waals surface area contributed by atoms with Crippen molar-refractivity contribution < 1.29 is 9.59 Å². The van der Waals surface area contributed by atoms with E-state index in [0.29, 0.717) is 11.3 Å². The first kappa shape index (κ1) is 15.3. The fraction of sp³-hybridized carbons (Fsp3) is 0.176. The molecule has 0 spiro atoms. The van der Waals surface area contributed by atoms with Gasteiger partial charge in [0.1, 0.15) is 6.04 Å². The lowest BCUT2D eigenvalue weighted by Crippen LogP contribution is -2.46. The van der Waals surface area contributed by atoms with Crippen molar-refractivity contribution in [3.05, 3.63) is 58.4 Å². The van der Waals surface area contributed by atoms with Gasteiger partial charge in [0, 0.05) is 30.6 Å². The largest absolute Gasteiger partial charge is 0.361 e. The minimum Gasteiger partial charge on any atom is -0.361 e. The van der Waals surface area contributed by atoms with Crippen LogP contribution >= 0.6 is 11.3 Å². The van der Waals surface area contributed by atoms with Crippen LogP contribution in [-0.2, 0) is 11.2 Å². The van der Waals surface area contributed by atoms with E-state index in [1.54, 1.807) is 13.1 Å². The lowest BCUT2D eigenvalue weighted by Gasteiger charge is -2.16. The number of benzene rings is 1. The van der Waals surface area contributed by atoms with E-state index < -0.39 is 6.04 Å². The van der Waals surface area contributed by atoms with E-state index in [2.05, 4.69) is 15.6 Å². The van der Waals surface area contributed by atoms with Gasteiger partial charge in [0.15, 0.2) is 0 Å². The standard InChI is InChI=1S/C17H17N3O2S/c1-18-16(21)14(20-17(22)15-7-4-8-23-15)9-11-10-19-13-6-3-2-5-12(11)13/h2-8,10,14,19H,9H2,1H3,(H,18,21)(H,20,22)/t14-/m0/s1. The van der Waals surface area contributed by atoms with Crippen molar-refractivity contribution in [1.82, 2.24) is 15.6 Å². The molecule has 0 saturated heterocycles. The Labute approximate surface area is 137 Å². The molecule has 2 heterocycles. The molecule has 118 valence electrons. The van der Waals surface area contributed by atoms with Gasteiger partial charge in [-0.3, -0.25) is 9.59 Å². The number of nitrogens with one attached hydrogen (secondary N) is 3. The van der Waals surface area contributed by atoms with Crippen molar-refractivity contribution in [3.63, 3.8) is 0 Å². The summed E-state index contributed by atoms with van der Waals surface area (Å²) in [6.07, 6.45) is 2.32. The fourth-order valence-corrected chi connectivity index (χ4v) is 3.17. The Morgan fingerprint density at radius 2 is 2.04 bits per heavy atom. The Kier molecular flexibility index (Phi) is 4.43. The maximum atomic E-state index is 12.2. The molecule has 0 unspecified atom stereocenters. The van der Waals surface area contributed by atoms with E-state index >= 15 is 0 Å². The number of H-pyrrole nitrogens is 1. The molecule has 6 heteroatoms. The highest BCUT2D eigenvalue weighted by atomic mass is 32.1. The van der Waals surface area contributed by atoms with Crippen LogP contribution in [0.25, 0.3) is 10.9 Å². The normalized spacial score (nSPS) is 12.0. The summed E-state index contributed by atoms with van der Waals surface area (Å²) >= 11 is 1.35. The minimum atomic E-state index is -0.617. The topological polar surface area (TPSA) is 74.0 Å². The Balaban J connectivity index is 1.82. The zero-order valence-corrected chi connectivity index (χ0v) is 13.4. The third-order valence-electron chi connectivity index (χ3n) is 3.71. The van der Waals surface area contributed by atoms with Gasteiger partial charge in [-0.05, 0) is 23.1 Å². The highest BCUT2D eigenvalue weighted by Crippen LogP contribution is 2.19. The van der Waals surface area contributed by atoms with Crippen LogP contribution in [0.15, 0.2) is 48.0 Å². The van der Waals surface area contributed by atoms with Crippen molar-refractivity contribution in [3.8, 4) is 0 Å². The summed E-state index contributed by atoms with van der Waals surface area (Å²) in [5.41, 5.74) is 2.02. The number of thiophene rings is 1. The van der Waals surface area contributed by atoms with E-state index in [1.807, 2.05) is 41.9 Å². The van der Waals surface area contributed by atoms with Crippen LogP contribution in [0.1, 0.15) is 15.2 Å². The molecule has 1 atom stereocenters. The average Bonchev–Trinajstić information content (AvgIpc) is 3.23. The molecule has 3 N–H and O–H groups in total. The molecule has 3 rings (SSSR count). The molecule has 1 aromatic carbocycles. The predicted molar refractivity (Wildman–Crippen MR) is 91.6 cm³/mol. The molecule has 0 radical (unpaired) electrons. The molecule has 0 fully saturated rings. The van der Waals surface area contributed by atoms with Crippen molar-refractivity contribution in [2.75, 3.05) is 7.05 Å². The van der Waals surface area contributed by atoms with E-state index in [4.69, 9.17) is 0 Å². The fourth-order valence-electron chi connectivity index (χ4n) is 2.54. The first-order chi connectivity index (χ1) is 11.2. The molecule has 2 amide bonds. The van der Waals surface area contributed by atoms with Crippen molar-refractivity contribution in [2.24, 2.45) is 0 Å². The van der Waals surface area contributed by atoms with Gasteiger partial charge in [0.2, 0.25) is 5.91 Å². The number of hydrogen-bond acceptors (Lipinski definition) is 3. The van der Waals surface area contributed by atoms with Crippen molar-refractivity contribution in [1.29, 1.82) is 0 Å². The van der Waals surface area contributed by atoms with E-state index in [1.165, 1.54) is 11.3 Å². The van der Waals surface area contributed by atoms with E-state index in [0.717, 1.165) is 16.5 Å². The van der Waals surface area contributed by atoms with Crippen LogP contribution in [-0.4, -0.2) is 29.9 Å². The summed E-state index contributed by atoms with van der Waals surface area (Å²) in [5, 5.41) is 8.33. The minimum absolute atomic E-state index is 0.208. The average molecular weight is 327 g/mol. The summed E-state index contributed by atoms with van der Waals surface area (Å²) in [6, 6.07) is 10.8. The number of rotatable bonds is 5. The van der Waals surface area contributed by atoms with Crippen molar-refractivity contribution >= 4 is 34.1 Å². The van der Waals surface area contributed by atoms with E-state index in [-0.39, 0.29) is 11.8 Å². The summed E-state index contributed by atoms with van der Waals surface area (Å²) in [5.74, 6) is -0.436. The Bertz CT molecular complexity index is 823. The molecule has 2 aromatic heterocycles. The van der Waals surface area contributed by atoms with Gasteiger partial charge in [-0.25, -0.2) is 0 Å². The molecule has 23 heavy (non-hydrogen) atoms. The number of amides is 2. The number of hydrogen-bond donors (Lipinski definition) is 3. The smallest absolute Gasteiger partial charge is 0.262 e. The van der Waals surface area contributed by atoms with Gasteiger partial charge in [-0.15, -0.1) is 11.3 Å². The Hall–Kier alpha value is -2.60. The van der Waals surface area contributed by atoms with Gasteiger partial charge in [0.05, 0.1) is 4.88 Å². The highest BCUT2D eigenvalue weighted by Gasteiger charge is 2.22. The van der Waals surface area contributed by atoms with Gasteiger partial charge < -0.3 is 15.6 Å². The molecule has 5 nitrogen and oxygen atoms in total. The Morgan fingerprint density at radius 1 is 1.22 bits per heavy atom. The second-order valence-corrected chi connectivity index (χ2v) is 6.13. The third kappa shape index (κ3) is 3.27.